The number of quaternary nitrogens is 1. The molecule has 0 aromatic heterocycles. The topological polar surface area (TPSA) is 121 Å². The van der Waals surface area contributed by atoms with Crippen molar-refractivity contribution >= 4 is 17.9 Å². The average molecular weight is 278 g/mol. The maximum Gasteiger partial charge on any atom is 0.345 e. The number of aliphatic hydroxyl groups excluding tert-OH is 1. The van der Waals surface area contributed by atoms with E-state index < -0.39 is 36.5 Å². The van der Waals surface area contributed by atoms with Gasteiger partial charge in [-0.3, -0.25) is 9.59 Å². The van der Waals surface area contributed by atoms with Gasteiger partial charge in [0.2, 0.25) is 6.10 Å². The molecule has 0 fully saturated rings. The van der Waals surface area contributed by atoms with Crippen molar-refractivity contribution in [3.63, 3.8) is 0 Å². The van der Waals surface area contributed by atoms with E-state index >= 15 is 0 Å². The predicted octanol–water partition coefficient (Wildman–Crippen LogP) is -1.09. The highest BCUT2D eigenvalue weighted by Gasteiger charge is 2.27. The van der Waals surface area contributed by atoms with Gasteiger partial charge in [-0.15, -0.1) is 0 Å². The minimum absolute atomic E-state index is 0.284. The summed E-state index contributed by atoms with van der Waals surface area (Å²) in [5.74, 6) is -3.85. The summed E-state index contributed by atoms with van der Waals surface area (Å²) in [6.07, 6.45) is -3.90. The van der Waals surface area contributed by atoms with Gasteiger partial charge in [0, 0.05) is 0 Å². The van der Waals surface area contributed by atoms with E-state index in [2.05, 4.69) is 4.74 Å². The van der Waals surface area contributed by atoms with Crippen molar-refractivity contribution in [3.05, 3.63) is 0 Å². The molecular formula is C11H20NO7+. The van der Waals surface area contributed by atoms with Crippen molar-refractivity contribution in [2.45, 2.75) is 25.0 Å². The number of likely N-dealkylation sites (N-methyl/N-ethyl adjacent to an activating group) is 1. The van der Waals surface area contributed by atoms with Crippen LogP contribution in [0.5, 0.6) is 0 Å². The van der Waals surface area contributed by atoms with Gasteiger partial charge in [-0.2, -0.15) is 0 Å². The van der Waals surface area contributed by atoms with Crippen LogP contribution in [0.25, 0.3) is 0 Å². The molecule has 0 saturated heterocycles. The lowest BCUT2D eigenvalue weighted by molar-refractivity contribution is -0.873. The number of aliphatic carboxylic acids is 2. The number of carboxylic acid groups (broad SMARTS) is 2. The van der Waals surface area contributed by atoms with Crippen LogP contribution in [0.1, 0.15) is 12.8 Å². The van der Waals surface area contributed by atoms with Crippen molar-refractivity contribution in [3.8, 4) is 0 Å². The molecule has 0 amide bonds. The molecule has 0 aliphatic heterocycles. The summed E-state index contributed by atoms with van der Waals surface area (Å²) in [5, 5.41) is 26.8. The van der Waals surface area contributed by atoms with E-state index in [1.54, 1.807) is 0 Å². The molecule has 19 heavy (non-hydrogen) atoms. The molecule has 2 unspecified atom stereocenters. The van der Waals surface area contributed by atoms with Crippen LogP contribution in [0.4, 0.5) is 0 Å². The molecule has 0 saturated carbocycles. The number of aliphatic hydroxyl groups is 1. The molecule has 0 rings (SSSR count). The first-order valence-electron chi connectivity index (χ1n) is 5.64. The number of carbonyl (C=O) groups is 3. The normalized spacial score (nSPS) is 14.5. The SMILES string of the molecule is C[N+](C)(C)CC(O)CC(=O)OC(CC(=O)O)C(=O)O. The average Bonchev–Trinajstić information content (AvgIpc) is 2.11. The van der Waals surface area contributed by atoms with E-state index in [9.17, 15) is 19.5 Å². The molecule has 8 heteroatoms. The first-order chi connectivity index (χ1) is 8.51. The minimum atomic E-state index is -1.73. The van der Waals surface area contributed by atoms with Gasteiger partial charge in [0.25, 0.3) is 0 Å². The quantitative estimate of drug-likeness (QED) is 0.381. The van der Waals surface area contributed by atoms with E-state index in [0.717, 1.165) is 0 Å². The van der Waals surface area contributed by atoms with E-state index in [-0.39, 0.29) is 13.0 Å². The highest BCUT2D eigenvalue weighted by atomic mass is 16.6. The van der Waals surface area contributed by atoms with Crippen LogP contribution in [0.3, 0.4) is 0 Å². The summed E-state index contributed by atoms with van der Waals surface area (Å²) in [6, 6.07) is 0. The summed E-state index contributed by atoms with van der Waals surface area (Å²) in [6.45, 7) is 0.284. The van der Waals surface area contributed by atoms with Crippen molar-refractivity contribution < 1.29 is 38.9 Å². The molecule has 8 nitrogen and oxygen atoms in total. The smallest absolute Gasteiger partial charge is 0.345 e. The molecule has 110 valence electrons. The van der Waals surface area contributed by atoms with Crippen LogP contribution < -0.4 is 0 Å². The molecule has 0 bridgehead atoms. The van der Waals surface area contributed by atoms with E-state index in [4.69, 9.17) is 10.2 Å². The summed E-state index contributed by atoms with van der Waals surface area (Å²) in [7, 11) is 5.46. The van der Waals surface area contributed by atoms with Crippen LogP contribution in [0, 0.1) is 0 Å². The zero-order valence-corrected chi connectivity index (χ0v) is 11.2. The Morgan fingerprint density at radius 3 is 2.00 bits per heavy atom. The Morgan fingerprint density at radius 1 is 1.11 bits per heavy atom. The van der Waals surface area contributed by atoms with Crippen LogP contribution in [-0.2, 0) is 19.1 Å². The molecule has 0 radical (unpaired) electrons. The van der Waals surface area contributed by atoms with Crippen molar-refractivity contribution in [2.75, 3.05) is 27.7 Å². The van der Waals surface area contributed by atoms with Crippen LogP contribution >= 0.6 is 0 Å². The lowest BCUT2D eigenvalue weighted by Crippen LogP contribution is -2.42. The van der Waals surface area contributed by atoms with Gasteiger partial charge in [0.1, 0.15) is 12.6 Å². The Bertz CT molecular complexity index is 347. The van der Waals surface area contributed by atoms with E-state index in [0.29, 0.717) is 4.48 Å². The lowest BCUT2D eigenvalue weighted by atomic mass is 10.2. The predicted molar refractivity (Wildman–Crippen MR) is 63.3 cm³/mol. The van der Waals surface area contributed by atoms with Gasteiger partial charge >= 0.3 is 17.9 Å². The summed E-state index contributed by atoms with van der Waals surface area (Å²) in [5.41, 5.74) is 0. The molecule has 0 aliphatic carbocycles. The molecule has 3 N–H and O–H groups in total. The van der Waals surface area contributed by atoms with Gasteiger partial charge in [-0.1, -0.05) is 0 Å². The maximum atomic E-state index is 11.4. The summed E-state index contributed by atoms with van der Waals surface area (Å²) >= 11 is 0. The number of nitrogens with zero attached hydrogens (tertiary/aromatic N) is 1. The van der Waals surface area contributed by atoms with Crippen LogP contribution in [0.15, 0.2) is 0 Å². The fraction of sp³-hybridized carbons (Fsp3) is 0.727. The third kappa shape index (κ3) is 8.97. The summed E-state index contributed by atoms with van der Waals surface area (Å²) < 4.78 is 4.94. The highest BCUT2D eigenvalue weighted by Crippen LogP contribution is 2.05. The third-order valence-electron chi connectivity index (χ3n) is 2.07. The number of carbonyl (C=O) groups excluding carboxylic acids is 1. The van der Waals surface area contributed by atoms with Crippen LogP contribution in [-0.4, -0.2) is 77.6 Å². The van der Waals surface area contributed by atoms with Gasteiger partial charge in [0.15, 0.2) is 0 Å². The van der Waals surface area contributed by atoms with Gasteiger partial charge in [-0.05, 0) is 0 Å². The molecule has 2 atom stereocenters. The molecular weight excluding hydrogens is 258 g/mol. The Balaban J connectivity index is 4.34. The second kappa shape index (κ2) is 7.05. The van der Waals surface area contributed by atoms with Crippen molar-refractivity contribution in [2.24, 2.45) is 0 Å². The fourth-order valence-electron chi connectivity index (χ4n) is 1.43. The Hall–Kier alpha value is -1.67. The number of rotatable bonds is 8. The first-order valence-corrected chi connectivity index (χ1v) is 5.64. The zero-order valence-electron chi connectivity index (χ0n) is 11.2. The second-order valence-electron chi connectivity index (χ2n) is 5.25. The first kappa shape index (κ1) is 17.3. The largest absolute Gasteiger partial charge is 0.481 e. The number of hydrogen-bond acceptors (Lipinski definition) is 5. The van der Waals surface area contributed by atoms with E-state index in [1.165, 1.54) is 0 Å². The van der Waals surface area contributed by atoms with Crippen molar-refractivity contribution in [1.82, 2.24) is 0 Å². The summed E-state index contributed by atoms with van der Waals surface area (Å²) in [4.78, 5) is 32.5. The lowest BCUT2D eigenvalue weighted by Gasteiger charge is -2.26. The Morgan fingerprint density at radius 2 is 1.63 bits per heavy atom. The second-order valence-corrected chi connectivity index (χ2v) is 5.25. The number of hydrogen-bond donors (Lipinski definition) is 3. The number of ether oxygens (including phenoxy) is 1. The van der Waals surface area contributed by atoms with Gasteiger partial charge in [-0.25, -0.2) is 4.79 Å². The fourth-order valence-corrected chi connectivity index (χ4v) is 1.43. The van der Waals surface area contributed by atoms with E-state index in [1.807, 2.05) is 21.1 Å². The highest BCUT2D eigenvalue weighted by molar-refractivity contribution is 5.82. The molecule has 0 aromatic carbocycles. The molecule has 0 aromatic rings. The Labute approximate surface area is 110 Å². The number of carboxylic acids is 2. The molecule has 0 aliphatic rings. The molecule has 0 heterocycles. The zero-order chi connectivity index (χ0) is 15.2. The number of esters is 1. The molecule has 0 spiro atoms. The monoisotopic (exact) mass is 278 g/mol. The van der Waals surface area contributed by atoms with Gasteiger partial charge < -0.3 is 24.5 Å². The standard InChI is InChI=1S/C11H19NO7/c1-12(2,3)6-7(13)4-10(16)19-8(11(17)18)5-9(14)15/h7-8,13H,4-6H2,1-3H3,(H-,14,15,17,18)/p+1. The third-order valence-corrected chi connectivity index (χ3v) is 2.07. The van der Waals surface area contributed by atoms with Crippen LogP contribution in [0.2, 0.25) is 0 Å². The van der Waals surface area contributed by atoms with Gasteiger partial charge in [0.05, 0.1) is 34.0 Å². The maximum absolute atomic E-state index is 11.4. The minimum Gasteiger partial charge on any atom is -0.481 e. The van der Waals surface area contributed by atoms with Crippen molar-refractivity contribution in [1.29, 1.82) is 0 Å². The Kier molecular flexibility index (Phi) is 6.43.